The molecule has 1 aromatic rings. The maximum Gasteiger partial charge on any atom is 0.211 e. The lowest BCUT2D eigenvalue weighted by molar-refractivity contribution is 1.20. The van der Waals surface area contributed by atoms with Crippen molar-refractivity contribution in [2.45, 2.75) is 6.92 Å². The average Bonchev–Trinajstić information content (AvgIpc) is 2.25. The Morgan fingerprint density at radius 1 is 1.12 bits per heavy atom. The molecule has 0 bridgehead atoms. The van der Waals surface area contributed by atoms with Crippen LogP contribution in [-0.4, -0.2) is 11.7 Å². The summed E-state index contributed by atoms with van der Waals surface area (Å²) in [5.41, 5.74) is 12.1. The fraction of sp³-hybridized carbons (Fsp3) is 0.0909. The summed E-state index contributed by atoms with van der Waals surface area (Å²) in [7, 11) is 0. The molecule has 0 aliphatic carbocycles. The minimum absolute atomic E-state index is 0. The van der Waals surface area contributed by atoms with Crippen LogP contribution >= 0.6 is 12.4 Å². The van der Waals surface area contributed by atoms with Crippen LogP contribution in [0.1, 0.15) is 12.5 Å². The Hall–Kier alpha value is -1.81. The number of nitrogens with zero attached hydrogens (tertiary/aromatic N) is 2. The van der Waals surface area contributed by atoms with Crippen LogP contribution in [0.3, 0.4) is 0 Å². The number of guanidine groups is 1. The van der Waals surface area contributed by atoms with E-state index in [0.717, 1.165) is 11.3 Å². The predicted molar refractivity (Wildman–Crippen MR) is 71.6 cm³/mol. The van der Waals surface area contributed by atoms with E-state index < -0.39 is 0 Å². The molecule has 0 radical (unpaired) electrons. The summed E-state index contributed by atoms with van der Waals surface area (Å²) < 4.78 is 0. The van der Waals surface area contributed by atoms with Crippen molar-refractivity contribution >= 4 is 30.2 Å². The average molecular weight is 239 g/mol. The van der Waals surface area contributed by atoms with Crippen molar-refractivity contribution in [3.8, 4) is 0 Å². The van der Waals surface area contributed by atoms with Gasteiger partial charge in [0.2, 0.25) is 5.96 Å². The maximum absolute atomic E-state index is 5.14. The van der Waals surface area contributed by atoms with Crippen molar-refractivity contribution in [2.75, 3.05) is 0 Å². The number of hydrogen-bond acceptors (Lipinski definition) is 2. The molecular weight excluding hydrogens is 224 g/mol. The zero-order valence-corrected chi connectivity index (χ0v) is 9.82. The molecule has 1 aromatic carbocycles. The quantitative estimate of drug-likeness (QED) is 0.478. The summed E-state index contributed by atoms with van der Waals surface area (Å²) in [6, 6.07) is 9.93. The van der Waals surface area contributed by atoms with E-state index >= 15 is 0 Å². The van der Waals surface area contributed by atoms with E-state index in [1.807, 2.05) is 49.4 Å². The van der Waals surface area contributed by atoms with Gasteiger partial charge in [-0.1, -0.05) is 36.4 Å². The first-order valence-electron chi connectivity index (χ1n) is 4.55. The van der Waals surface area contributed by atoms with Crippen molar-refractivity contribution in [3.63, 3.8) is 0 Å². The first kappa shape index (κ1) is 14.2. The summed E-state index contributed by atoms with van der Waals surface area (Å²) in [4.78, 5) is 0. The Bertz CT molecular complexity index is 392. The Kier molecular flexibility index (Phi) is 6.63. The smallest absolute Gasteiger partial charge is 0.211 e. The number of rotatable bonds is 3. The largest absolute Gasteiger partial charge is 0.369 e. The van der Waals surface area contributed by atoms with Crippen LogP contribution in [-0.2, 0) is 0 Å². The van der Waals surface area contributed by atoms with Gasteiger partial charge < -0.3 is 11.5 Å². The van der Waals surface area contributed by atoms with E-state index in [4.69, 9.17) is 11.5 Å². The minimum Gasteiger partial charge on any atom is -0.369 e. The van der Waals surface area contributed by atoms with Crippen LogP contribution in [0, 0.1) is 0 Å². The molecule has 0 aromatic heterocycles. The fourth-order valence-electron chi connectivity index (χ4n) is 0.951. The third-order valence-electron chi connectivity index (χ3n) is 1.64. The molecule has 1 rings (SSSR count). The van der Waals surface area contributed by atoms with Gasteiger partial charge in [0.15, 0.2) is 0 Å². The van der Waals surface area contributed by atoms with E-state index in [-0.39, 0.29) is 18.4 Å². The minimum atomic E-state index is -0.0394. The molecule has 4 N–H and O–H groups in total. The molecule has 0 fully saturated rings. The van der Waals surface area contributed by atoms with Gasteiger partial charge >= 0.3 is 0 Å². The Morgan fingerprint density at radius 2 is 1.75 bits per heavy atom. The second-order valence-electron chi connectivity index (χ2n) is 3.01. The molecule has 86 valence electrons. The van der Waals surface area contributed by atoms with Crippen molar-refractivity contribution in [1.29, 1.82) is 0 Å². The number of hydrogen-bond donors (Lipinski definition) is 2. The Balaban J connectivity index is 0.00000225. The van der Waals surface area contributed by atoms with Crippen LogP contribution in [0.2, 0.25) is 0 Å². The van der Waals surface area contributed by atoms with Crippen LogP contribution in [0.25, 0.3) is 6.08 Å². The van der Waals surface area contributed by atoms with Gasteiger partial charge in [-0.3, -0.25) is 0 Å². The number of nitrogens with two attached hydrogens (primary N) is 2. The highest BCUT2D eigenvalue weighted by Crippen LogP contribution is 2.01. The van der Waals surface area contributed by atoms with E-state index in [0.29, 0.717) is 0 Å². The summed E-state index contributed by atoms with van der Waals surface area (Å²) in [5, 5.41) is 7.35. The highest BCUT2D eigenvalue weighted by Gasteiger charge is 1.85. The topological polar surface area (TPSA) is 76.8 Å². The molecule has 0 amide bonds. The lowest BCUT2D eigenvalue weighted by atomic mass is 10.2. The molecule has 0 heterocycles. The molecule has 0 saturated heterocycles. The van der Waals surface area contributed by atoms with Crippen molar-refractivity contribution in [3.05, 3.63) is 42.0 Å². The third-order valence-corrected chi connectivity index (χ3v) is 1.64. The second kappa shape index (κ2) is 7.48. The monoisotopic (exact) mass is 238 g/mol. The lowest BCUT2D eigenvalue weighted by Crippen LogP contribution is -2.21. The molecule has 0 aliphatic rings. The highest BCUT2D eigenvalue weighted by molar-refractivity contribution is 5.96. The molecule has 5 heteroatoms. The zero-order chi connectivity index (χ0) is 11.1. The standard InChI is InChI=1S/C11H14N4.ClH/c1-9(14-15-11(12)13)7-8-10-5-3-2-4-6-10;/h2-8H,1H3,(H4,12,13,15);1H/b8-7+,14-9+;. The predicted octanol–water partition coefficient (Wildman–Crippen LogP) is 1.77. The van der Waals surface area contributed by atoms with Gasteiger partial charge in [0, 0.05) is 0 Å². The SMILES string of the molecule is CC(/C=C/c1ccccc1)=N\N=C(N)N.Cl. The van der Waals surface area contributed by atoms with Crippen molar-refractivity contribution in [1.82, 2.24) is 0 Å². The van der Waals surface area contributed by atoms with Crippen molar-refractivity contribution < 1.29 is 0 Å². The Labute approximate surface area is 101 Å². The van der Waals surface area contributed by atoms with E-state index in [9.17, 15) is 0 Å². The molecular formula is C11H15ClN4. The van der Waals surface area contributed by atoms with Gasteiger partial charge in [0.05, 0.1) is 5.71 Å². The summed E-state index contributed by atoms with van der Waals surface area (Å²) in [6.45, 7) is 1.83. The van der Waals surface area contributed by atoms with E-state index in [2.05, 4.69) is 10.2 Å². The zero-order valence-electron chi connectivity index (χ0n) is 9.00. The first-order valence-corrected chi connectivity index (χ1v) is 4.55. The van der Waals surface area contributed by atoms with Gasteiger partial charge in [0.25, 0.3) is 0 Å². The molecule has 0 atom stereocenters. The highest BCUT2D eigenvalue weighted by atomic mass is 35.5. The van der Waals surface area contributed by atoms with Crippen LogP contribution < -0.4 is 11.5 Å². The number of benzene rings is 1. The maximum atomic E-state index is 5.14. The van der Waals surface area contributed by atoms with Gasteiger partial charge in [0.1, 0.15) is 0 Å². The Morgan fingerprint density at radius 3 is 2.31 bits per heavy atom. The molecule has 16 heavy (non-hydrogen) atoms. The molecule has 4 nitrogen and oxygen atoms in total. The lowest BCUT2D eigenvalue weighted by Gasteiger charge is -1.91. The summed E-state index contributed by atoms with van der Waals surface area (Å²) >= 11 is 0. The fourth-order valence-corrected chi connectivity index (χ4v) is 0.951. The molecule has 0 unspecified atom stereocenters. The van der Waals surface area contributed by atoms with E-state index in [1.54, 1.807) is 0 Å². The number of allylic oxidation sites excluding steroid dienone is 1. The molecule has 0 spiro atoms. The molecule has 0 aliphatic heterocycles. The van der Waals surface area contributed by atoms with Crippen molar-refractivity contribution in [2.24, 2.45) is 21.7 Å². The van der Waals surface area contributed by atoms with Gasteiger partial charge in [-0.2, -0.15) is 5.10 Å². The van der Waals surface area contributed by atoms with Gasteiger partial charge in [-0.15, -0.1) is 17.5 Å². The normalized spacial score (nSPS) is 10.9. The van der Waals surface area contributed by atoms with E-state index in [1.165, 1.54) is 0 Å². The molecule has 0 saturated carbocycles. The summed E-state index contributed by atoms with van der Waals surface area (Å²) in [5.74, 6) is -0.0394. The second-order valence-corrected chi connectivity index (χ2v) is 3.01. The van der Waals surface area contributed by atoms with Crippen LogP contribution in [0.5, 0.6) is 0 Å². The van der Waals surface area contributed by atoms with Gasteiger partial charge in [-0.25, -0.2) is 0 Å². The van der Waals surface area contributed by atoms with Crippen LogP contribution in [0.4, 0.5) is 0 Å². The number of halogens is 1. The summed E-state index contributed by atoms with van der Waals surface area (Å²) in [6.07, 6.45) is 3.79. The first-order chi connectivity index (χ1) is 7.18. The van der Waals surface area contributed by atoms with Crippen LogP contribution in [0.15, 0.2) is 46.6 Å². The van der Waals surface area contributed by atoms with Gasteiger partial charge in [-0.05, 0) is 18.6 Å². The third kappa shape index (κ3) is 5.82.